The van der Waals surface area contributed by atoms with Gasteiger partial charge < -0.3 is 30.2 Å². The Morgan fingerprint density at radius 3 is 2.56 bits per heavy atom. The van der Waals surface area contributed by atoms with E-state index in [9.17, 15) is 14.4 Å². The lowest BCUT2D eigenvalue weighted by Crippen LogP contribution is -2.45. The molecule has 0 bridgehead atoms. The highest BCUT2D eigenvalue weighted by atomic mass is 16.5. The first kappa shape index (κ1) is 29.0. The quantitative estimate of drug-likeness (QED) is 0.222. The van der Waals surface area contributed by atoms with Gasteiger partial charge in [0.15, 0.2) is 0 Å². The van der Waals surface area contributed by atoms with Crippen molar-refractivity contribution in [2.75, 3.05) is 31.5 Å². The van der Waals surface area contributed by atoms with E-state index < -0.39 is 11.6 Å². The van der Waals surface area contributed by atoms with Crippen LogP contribution in [-0.4, -0.2) is 54.7 Å². The Balaban J connectivity index is 1.90. The van der Waals surface area contributed by atoms with Gasteiger partial charge >= 0.3 is 5.97 Å². The molecular formula is C28H35N5O6. The summed E-state index contributed by atoms with van der Waals surface area (Å²) in [7, 11) is 3.18. The van der Waals surface area contributed by atoms with Crippen molar-refractivity contribution in [1.82, 2.24) is 15.2 Å². The third kappa shape index (κ3) is 6.67. The molecule has 0 saturated carbocycles. The second-order valence-corrected chi connectivity index (χ2v) is 9.34. The minimum absolute atomic E-state index is 0.210. The molecule has 0 radical (unpaired) electrons. The maximum atomic E-state index is 12.6. The molecule has 11 heteroatoms. The molecule has 1 aromatic heterocycles. The fourth-order valence-corrected chi connectivity index (χ4v) is 4.19. The summed E-state index contributed by atoms with van der Waals surface area (Å²) in [5.74, 6) is 0.985. The van der Waals surface area contributed by atoms with Gasteiger partial charge in [0.05, 0.1) is 26.5 Å². The fourth-order valence-electron chi connectivity index (χ4n) is 4.19. The molecule has 1 aromatic carbocycles. The number of methoxy groups -OCH3 is 2. The summed E-state index contributed by atoms with van der Waals surface area (Å²) in [6.07, 6.45) is 3.80. The van der Waals surface area contributed by atoms with E-state index in [4.69, 9.17) is 14.2 Å². The number of anilines is 2. The average molecular weight is 538 g/mol. The number of hydrogen-bond acceptors (Lipinski definition) is 9. The molecule has 0 spiro atoms. The zero-order valence-corrected chi connectivity index (χ0v) is 23.3. The van der Waals surface area contributed by atoms with E-state index in [1.54, 1.807) is 67.0 Å². The van der Waals surface area contributed by atoms with Gasteiger partial charge in [-0.2, -0.15) is 0 Å². The van der Waals surface area contributed by atoms with Crippen molar-refractivity contribution in [2.45, 2.75) is 46.8 Å². The van der Waals surface area contributed by atoms with Crippen molar-refractivity contribution >= 4 is 29.8 Å². The van der Waals surface area contributed by atoms with E-state index in [0.717, 1.165) is 5.56 Å². The highest BCUT2D eigenvalue weighted by molar-refractivity contribution is 5.99. The summed E-state index contributed by atoms with van der Waals surface area (Å²) in [6.45, 7) is 9.36. The molecule has 1 fully saturated rings. The number of carbonyl (C=O) groups is 3. The molecule has 0 atom stereocenters. The molecule has 3 N–H and O–H groups in total. The molecule has 11 nitrogen and oxygen atoms in total. The SMILES string of the molecule is CCOC(=O)c1cnc(NCc2ccc(OC)cc2OC)cc1N/C(C)=C/C(C)=C1/C(=O)NC(C)(C)N1C=O. The molecule has 1 saturated heterocycles. The highest BCUT2D eigenvalue weighted by Crippen LogP contribution is 2.28. The van der Waals surface area contributed by atoms with Crippen molar-refractivity contribution in [2.24, 2.45) is 0 Å². The first-order chi connectivity index (χ1) is 18.5. The minimum atomic E-state index is -0.833. The number of allylic oxidation sites excluding steroid dienone is 3. The van der Waals surface area contributed by atoms with E-state index >= 15 is 0 Å². The van der Waals surface area contributed by atoms with E-state index in [2.05, 4.69) is 20.9 Å². The number of benzene rings is 1. The van der Waals surface area contributed by atoms with E-state index in [1.165, 1.54) is 11.1 Å². The Morgan fingerprint density at radius 2 is 1.92 bits per heavy atom. The first-order valence-electron chi connectivity index (χ1n) is 12.4. The van der Waals surface area contributed by atoms with Crippen LogP contribution < -0.4 is 25.4 Å². The lowest BCUT2D eigenvalue weighted by Gasteiger charge is -2.27. The number of nitrogens with one attached hydrogen (secondary N) is 3. The topological polar surface area (TPSA) is 131 Å². The zero-order valence-electron chi connectivity index (χ0n) is 23.3. The Morgan fingerprint density at radius 1 is 1.18 bits per heavy atom. The van der Waals surface area contributed by atoms with Gasteiger partial charge in [0.25, 0.3) is 5.91 Å². The van der Waals surface area contributed by atoms with Crippen molar-refractivity contribution in [1.29, 1.82) is 0 Å². The van der Waals surface area contributed by atoms with Gasteiger partial charge in [0.1, 0.15) is 34.2 Å². The third-order valence-corrected chi connectivity index (χ3v) is 6.07. The van der Waals surface area contributed by atoms with Gasteiger partial charge in [-0.05, 0) is 58.4 Å². The smallest absolute Gasteiger partial charge is 0.341 e. The fraction of sp³-hybridized carbons (Fsp3) is 0.357. The van der Waals surface area contributed by atoms with Crippen LogP contribution in [0.5, 0.6) is 11.5 Å². The number of ether oxygens (including phenoxy) is 3. The molecule has 3 rings (SSSR count). The molecule has 1 aliphatic heterocycles. The lowest BCUT2D eigenvalue weighted by molar-refractivity contribution is -0.120. The summed E-state index contributed by atoms with van der Waals surface area (Å²) in [6, 6.07) is 7.23. The monoisotopic (exact) mass is 537 g/mol. The van der Waals surface area contributed by atoms with Gasteiger partial charge in [-0.1, -0.05) is 0 Å². The number of nitrogens with zero attached hydrogens (tertiary/aromatic N) is 2. The zero-order chi connectivity index (χ0) is 28.7. The van der Waals surface area contributed by atoms with Gasteiger partial charge in [-0.15, -0.1) is 0 Å². The van der Waals surface area contributed by atoms with Crippen molar-refractivity contribution < 1.29 is 28.6 Å². The predicted molar refractivity (Wildman–Crippen MR) is 147 cm³/mol. The van der Waals surface area contributed by atoms with Crippen LogP contribution in [0.2, 0.25) is 0 Å². The van der Waals surface area contributed by atoms with Crippen LogP contribution in [0.1, 0.15) is 50.5 Å². The Kier molecular flexibility index (Phi) is 9.18. The predicted octanol–water partition coefficient (Wildman–Crippen LogP) is 3.80. The first-order valence-corrected chi connectivity index (χ1v) is 12.4. The van der Waals surface area contributed by atoms with Crippen LogP contribution in [0.25, 0.3) is 0 Å². The molecular weight excluding hydrogens is 502 g/mol. The van der Waals surface area contributed by atoms with Crippen LogP contribution in [-0.2, 0) is 20.9 Å². The van der Waals surface area contributed by atoms with E-state index in [0.29, 0.717) is 47.2 Å². The van der Waals surface area contributed by atoms with Gasteiger partial charge in [-0.25, -0.2) is 9.78 Å². The number of rotatable bonds is 11. The van der Waals surface area contributed by atoms with Crippen LogP contribution in [0, 0.1) is 0 Å². The second kappa shape index (κ2) is 12.3. The van der Waals surface area contributed by atoms with E-state index in [1.807, 2.05) is 12.1 Å². The normalized spacial score (nSPS) is 15.8. The van der Waals surface area contributed by atoms with Gasteiger partial charge in [0.2, 0.25) is 6.41 Å². The maximum absolute atomic E-state index is 12.6. The van der Waals surface area contributed by atoms with E-state index in [-0.39, 0.29) is 23.8 Å². The number of pyridine rings is 1. The molecule has 2 heterocycles. The summed E-state index contributed by atoms with van der Waals surface area (Å²) in [4.78, 5) is 42.6. The van der Waals surface area contributed by atoms with Crippen LogP contribution in [0.15, 0.2) is 53.5 Å². The van der Waals surface area contributed by atoms with Crippen molar-refractivity contribution in [3.05, 3.63) is 64.6 Å². The largest absolute Gasteiger partial charge is 0.497 e. The molecule has 208 valence electrons. The molecule has 1 aliphatic rings. The summed E-state index contributed by atoms with van der Waals surface area (Å²) < 4.78 is 15.9. The average Bonchev–Trinajstić information content (AvgIpc) is 3.14. The standard InChI is InChI=1S/C28H35N5O6/c1-8-39-27(36)21-15-30-24(29-14-19-9-10-20(37-6)12-23(19)38-7)13-22(21)31-18(3)11-17(2)25-26(35)32-28(4,5)33(25)16-34/h9-13,15-16H,8,14H2,1-7H3,(H,32,35)(H2,29,30,31)/b18-11+,25-17-. The Bertz CT molecular complexity index is 1320. The molecule has 2 aromatic rings. The Hall–Kier alpha value is -4.54. The van der Waals surface area contributed by atoms with Crippen LogP contribution >= 0.6 is 0 Å². The molecule has 0 aliphatic carbocycles. The number of esters is 1. The maximum Gasteiger partial charge on any atom is 0.341 e. The van der Waals surface area contributed by atoms with Crippen LogP contribution in [0.3, 0.4) is 0 Å². The molecule has 2 amide bonds. The van der Waals surface area contributed by atoms with Gasteiger partial charge in [0, 0.05) is 36.1 Å². The highest BCUT2D eigenvalue weighted by Gasteiger charge is 2.41. The molecule has 0 unspecified atom stereocenters. The summed E-state index contributed by atoms with van der Waals surface area (Å²) in [5.41, 5.74) is 2.22. The van der Waals surface area contributed by atoms with Crippen LogP contribution in [0.4, 0.5) is 11.5 Å². The number of carbonyl (C=O) groups excluding carboxylic acids is 3. The number of hydrogen-bond donors (Lipinski definition) is 3. The second-order valence-electron chi connectivity index (χ2n) is 9.34. The summed E-state index contributed by atoms with van der Waals surface area (Å²) >= 11 is 0. The number of aromatic nitrogens is 1. The van der Waals surface area contributed by atoms with Crippen molar-refractivity contribution in [3.63, 3.8) is 0 Å². The van der Waals surface area contributed by atoms with Gasteiger partial charge in [-0.3, -0.25) is 14.5 Å². The van der Waals surface area contributed by atoms with Crippen molar-refractivity contribution in [3.8, 4) is 11.5 Å². The Labute approximate surface area is 228 Å². The third-order valence-electron chi connectivity index (χ3n) is 6.07. The minimum Gasteiger partial charge on any atom is -0.497 e. The lowest BCUT2D eigenvalue weighted by atomic mass is 10.1. The summed E-state index contributed by atoms with van der Waals surface area (Å²) in [5, 5.41) is 9.25. The molecule has 39 heavy (non-hydrogen) atoms. The number of amides is 2.